The Morgan fingerprint density at radius 1 is 1.30 bits per heavy atom. The normalized spacial score (nSPS) is 11.1. The molecule has 0 spiro atoms. The van der Waals surface area contributed by atoms with E-state index >= 15 is 0 Å². The Hall–Kier alpha value is -2.82. The molecule has 0 radical (unpaired) electrons. The van der Waals surface area contributed by atoms with Gasteiger partial charge in [0, 0.05) is 29.7 Å². The van der Waals surface area contributed by atoms with Gasteiger partial charge in [0.25, 0.3) is 5.56 Å². The van der Waals surface area contributed by atoms with Gasteiger partial charge >= 0.3 is 5.97 Å². The van der Waals surface area contributed by atoms with Gasteiger partial charge in [-0.3, -0.25) is 4.79 Å². The zero-order valence-corrected chi connectivity index (χ0v) is 13.3. The summed E-state index contributed by atoms with van der Waals surface area (Å²) in [7, 11) is 1.99. The number of carboxylic acids is 1. The molecule has 5 heteroatoms. The monoisotopic (exact) mass is 310 g/mol. The van der Waals surface area contributed by atoms with Gasteiger partial charge in [-0.15, -0.1) is 0 Å². The van der Waals surface area contributed by atoms with E-state index in [4.69, 9.17) is 5.11 Å². The Balaban J connectivity index is 2.30. The second-order valence-electron chi connectivity index (χ2n) is 5.67. The number of fused-ring (bicyclic) bond motifs is 1. The average molecular weight is 310 g/mol. The summed E-state index contributed by atoms with van der Waals surface area (Å²) in [5, 5.41) is 10.2. The minimum absolute atomic E-state index is 0.218. The van der Waals surface area contributed by atoms with Gasteiger partial charge in [0.1, 0.15) is 5.56 Å². The van der Waals surface area contributed by atoms with E-state index in [-0.39, 0.29) is 5.56 Å². The third-order valence-corrected chi connectivity index (χ3v) is 4.34. The highest BCUT2D eigenvalue weighted by molar-refractivity contribution is 5.91. The molecule has 3 aromatic rings. The molecule has 3 rings (SSSR count). The molecule has 0 unspecified atom stereocenters. The van der Waals surface area contributed by atoms with E-state index in [1.165, 1.54) is 6.07 Å². The molecule has 0 saturated carbocycles. The molecule has 5 nitrogen and oxygen atoms in total. The van der Waals surface area contributed by atoms with Crippen LogP contribution >= 0.6 is 0 Å². The number of hydrogen-bond donors (Lipinski definition) is 2. The molecule has 0 aliphatic carbocycles. The molecule has 0 atom stereocenters. The molecular weight excluding hydrogens is 292 g/mol. The molecule has 118 valence electrons. The van der Waals surface area contributed by atoms with Crippen LogP contribution in [0.25, 0.3) is 22.2 Å². The van der Waals surface area contributed by atoms with Gasteiger partial charge < -0.3 is 14.7 Å². The van der Waals surface area contributed by atoms with Crippen molar-refractivity contribution in [3.05, 3.63) is 57.5 Å². The number of carbonyl (C=O) groups is 1. The van der Waals surface area contributed by atoms with Crippen molar-refractivity contribution in [1.82, 2.24) is 9.55 Å². The smallest absolute Gasteiger partial charge is 0.341 e. The van der Waals surface area contributed by atoms with Crippen LogP contribution in [0, 0.1) is 6.92 Å². The number of aromatic nitrogens is 2. The number of H-pyrrole nitrogens is 1. The first kappa shape index (κ1) is 15.1. The molecule has 1 aromatic carbocycles. The summed E-state index contributed by atoms with van der Waals surface area (Å²) in [6, 6.07) is 7.51. The zero-order valence-electron chi connectivity index (χ0n) is 13.3. The Labute approximate surface area is 133 Å². The number of aromatic amines is 1. The Morgan fingerprint density at radius 3 is 2.70 bits per heavy atom. The lowest BCUT2D eigenvalue weighted by molar-refractivity contribution is 0.0695. The van der Waals surface area contributed by atoms with Gasteiger partial charge in [0.2, 0.25) is 0 Å². The molecule has 0 amide bonds. The van der Waals surface area contributed by atoms with E-state index < -0.39 is 11.5 Å². The maximum absolute atomic E-state index is 12.1. The van der Waals surface area contributed by atoms with Gasteiger partial charge in [-0.2, -0.15) is 0 Å². The van der Waals surface area contributed by atoms with Gasteiger partial charge in [-0.25, -0.2) is 4.79 Å². The predicted octanol–water partition coefficient (Wildman–Crippen LogP) is 3.10. The van der Waals surface area contributed by atoms with Crippen molar-refractivity contribution in [3.8, 4) is 11.3 Å². The molecule has 23 heavy (non-hydrogen) atoms. The lowest BCUT2D eigenvalue weighted by atomic mass is 9.96. The first-order valence-electron chi connectivity index (χ1n) is 7.48. The van der Waals surface area contributed by atoms with E-state index in [9.17, 15) is 9.59 Å². The van der Waals surface area contributed by atoms with Gasteiger partial charge in [0.05, 0.1) is 5.69 Å². The molecule has 0 bridgehead atoms. The summed E-state index contributed by atoms with van der Waals surface area (Å²) in [5.74, 6) is -1.21. The summed E-state index contributed by atoms with van der Waals surface area (Å²) < 4.78 is 2.04. The van der Waals surface area contributed by atoms with Crippen LogP contribution in [-0.4, -0.2) is 20.6 Å². The second-order valence-corrected chi connectivity index (χ2v) is 5.67. The zero-order chi connectivity index (χ0) is 16.7. The van der Waals surface area contributed by atoms with E-state index in [1.807, 2.05) is 49.9 Å². The van der Waals surface area contributed by atoms with E-state index in [0.29, 0.717) is 12.1 Å². The van der Waals surface area contributed by atoms with E-state index in [2.05, 4.69) is 4.98 Å². The van der Waals surface area contributed by atoms with Crippen molar-refractivity contribution in [2.75, 3.05) is 0 Å². The summed E-state index contributed by atoms with van der Waals surface area (Å²) >= 11 is 0. The topological polar surface area (TPSA) is 75.1 Å². The van der Waals surface area contributed by atoms with Crippen LogP contribution in [0.1, 0.15) is 28.4 Å². The minimum atomic E-state index is -1.21. The maximum atomic E-state index is 12.1. The molecule has 0 fully saturated rings. The average Bonchev–Trinajstić information content (AvgIpc) is 2.89. The quantitative estimate of drug-likeness (QED) is 0.780. The lowest BCUT2D eigenvalue weighted by Gasteiger charge is -2.13. The summed E-state index contributed by atoms with van der Waals surface area (Å²) in [6.07, 6.45) is 2.64. The number of pyridine rings is 1. The molecule has 2 aromatic heterocycles. The Morgan fingerprint density at radius 2 is 2.04 bits per heavy atom. The van der Waals surface area contributed by atoms with Crippen molar-refractivity contribution in [1.29, 1.82) is 0 Å². The third-order valence-electron chi connectivity index (χ3n) is 4.34. The van der Waals surface area contributed by atoms with Crippen LogP contribution in [0.5, 0.6) is 0 Å². The summed E-state index contributed by atoms with van der Waals surface area (Å²) in [6.45, 7) is 3.96. The van der Waals surface area contributed by atoms with Crippen LogP contribution < -0.4 is 5.56 Å². The number of nitrogens with zero attached hydrogens (tertiary/aromatic N) is 1. The van der Waals surface area contributed by atoms with Crippen molar-refractivity contribution >= 4 is 16.9 Å². The summed E-state index contributed by atoms with van der Waals surface area (Å²) in [4.78, 5) is 26.0. The maximum Gasteiger partial charge on any atom is 0.341 e. The van der Waals surface area contributed by atoms with Gasteiger partial charge in [0.15, 0.2) is 0 Å². The van der Waals surface area contributed by atoms with Crippen molar-refractivity contribution in [2.24, 2.45) is 7.05 Å². The molecular formula is C18H18N2O3. The van der Waals surface area contributed by atoms with Crippen LogP contribution in [0.4, 0.5) is 0 Å². The Kier molecular flexibility index (Phi) is 3.56. The Bertz CT molecular complexity index is 980. The number of carboxylic acid groups (broad SMARTS) is 1. The van der Waals surface area contributed by atoms with E-state index in [1.54, 1.807) is 0 Å². The fraction of sp³-hybridized carbons (Fsp3) is 0.222. The molecule has 0 saturated heterocycles. The molecule has 2 N–H and O–H groups in total. The van der Waals surface area contributed by atoms with E-state index in [0.717, 1.165) is 27.6 Å². The third kappa shape index (κ3) is 2.34. The number of aromatic carboxylic acids is 1. The largest absolute Gasteiger partial charge is 0.477 e. The highest BCUT2D eigenvalue weighted by Gasteiger charge is 2.16. The standard InChI is InChI=1S/C18H18N2O3/c1-4-11-9-14(18(22)23)17(21)19-16(11)13-5-6-15-12(10(13)2)7-8-20(15)3/h5-9H,4H2,1-3H3,(H,19,21)(H,22,23). The highest BCUT2D eigenvalue weighted by atomic mass is 16.4. The summed E-state index contributed by atoms with van der Waals surface area (Å²) in [5.41, 5.74) is 3.84. The highest BCUT2D eigenvalue weighted by Crippen LogP contribution is 2.30. The van der Waals surface area contributed by atoms with Crippen molar-refractivity contribution < 1.29 is 9.90 Å². The lowest BCUT2D eigenvalue weighted by Crippen LogP contribution is -2.19. The molecule has 2 heterocycles. The first-order valence-corrected chi connectivity index (χ1v) is 7.48. The number of nitrogens with one attached hydrogen (secondary N) is 1. The van der Waals surface area contributed by atoms with Crippen molar-refractivity contribution in [2.45, 2.75) is 20.3 Å². The fourth-order valence-corrected chi connectivity index (χ4v) is 3.02. The van der Waals surface area contributed by atoms with Gasteiger partial charge in [-0.1, -0.05) is 13.0 Å². The first-order chi connectivity index (χ1) is 10.9. The van der Waals surface area contributed by atoms with Crippen LogP contribution in [0.15, 0.2) is 35.3 Å². The van der Waals surface area contributed by atoms with Gasteiger partial charge in [-0.05, 0) is 42.7 Å². The SMILES string of the molecule is CCc1cc(C(=O)O)c(=O)[nH]c1-c1ccc2c(ccn2C)c1C. The predicted molar refractivity (Wildman–Crippen MR) is 90.1 cm³/mol. The van der Waals surface area contributed by atoms with Crippen molar-refractivity contribution in [3.63, 3.8) is 0 Å². The number of aryl methyl sites for hydroxylation is 3. The second kappa shape index (κ2) is 5.43. The number of hydrogen-bond acceptors (Lipinski definition) is 2. The minimum Gasteiger partial charge on any atom is -0.477 e. The van der Waals surface area contributed by atoms with Crippen LogP contribution in [0.3, 0.4) is 0 Å². The number of rotatable bonds is 3. The van der Waals surface area contributed by atoms with Crippen LogP contribution in [0.2, 0.25) is 0 Å². The molecule has 0 aliphatic heterocycles. The number of benzene rings is 1. The molecule has 0 aliphatic rings. The fourth-order valence-electron chi connectivity index (χ4n) is 3.02. The van der Waals surface area contributed by atoms with Crippen LogP contribution in [-0.2, 0) is 13.5 Å².